The molecule has 0 aliphatic heterocycles. The molecule has 1 aromatic carbocycles. The van der Waals surface area contributed by atoms with Crippen LogP contribution in [0.1, 0.15) is 28.2 Å². The first-order valence-electron chi connectivity index (χ1n) is 6.13. The van der Waals surface area contributed by atoms with E-state index in [4.69, 9.17) is 9.63 Å². The molecule has 0 aliphatic rings. The van der Waals surface area contributed by atoms with Gasteiger partial charge in [-0.25, -0.2) is 0 Å². The van der Waals surface area contributed by atoms with Gasteiger partial charge >= 0.3 is 0 Å². The van der Waals surface area contributed by atoms with E-state index in [1.54, 1.807) is 13.0 Å². The SMILES string of the molecule is Cc1cc(C(=O)Nc2cccc(CCCO)c2)no1. The molecule has 5 heteroatoms. The second-order valence-electron chi connectivity index (χ2n) is 4.30. The molecule has 1 aromatic heterocycles. The number of amides is 1. The van der Waals surface area contributed by atoms with E-state index in [1.807, 2.05) is 24.3 Å². The Labute approximate surface area is 111 Å². The lowest BCUT2D eigenvalue weighted by molar-refractivity contribution is 0.101. The fourth-order valence-corrected chi connectivity index (χ4v) is 1.76. The number of hydrogen-bond acceptors (Lipinski definition) is 4. The predicted molar refractivity (Wildman–Crippen MR) is 71.0 cm³/mol. The predicted octanol–water partition coefficient (Wildman–Crippen LogP) is 2.16. The first kappa shape index (κ1) is 13.3. The van der Waals surface area contributed by atoms with Crippen LogP contribution in [0, 0.1) is 6.92 Å². The second kappa shape index (κ2) is 6.15. The highest BCUT2D eigenvalue weighted by molar-refractivity contribution is 6.02. The van der Waals surface area contributed by atoms with E-state index in [1.165, 1.54) is 0 Å². The van der Waals surface area contributed by atoms with Crippen molar-refractivity contribution in [3.8, 4) is 0 Å². The van der Waals surface area contributed by atoms with Crippen LogP contribution in [0.4, 0.5) is 5.69 Å². The van der Waals surface area contributed by atoms with Crippen LogP contribution in [0.15, 0.2) is 34.9 Å². The third-order valence-electron chi connectivity index (χ3n) is 2.67. The number of aryl methyl sites for hydroxylation is 2. The molecule has 0 bridgehead atoms. The maximum atomic E-state index is 11.9. The molecule has 0 saturated heterocycles. The number of rotatable bonds is 5. The van der Waals surface area contributed by atoms with Gasteiger partial charge in [-0.05, 0) is 37.5 Å². The summed E-state index contributed by atoms with van der Waals surface area (Å²) >= 11 is 0. The average Bonchev–Trinajstić information content (AvgIpc) is 2.83. The highest BCUT2D eigenvalue weighted by Gasteiger charge is 2.11. The highest BCUT2D eigenvalue weighted by atomic mass is 16.5. The lowest BCUT2D eigenvalue weighted by Gasteiger charge is -2.05. The summed E-state index contributed by atoms with van der Waals surface area (Å²) in [5.74, 6) is 0.304. The van der Waals surface area contributed by atoms with Crippen LogP contribution in [-0.2, 0) is 6.42 Å². The molecule has 2 N–H and O–H groups in total. The molecule has 0 atom stereocenters. The van der Waals surface area contributed by atoms with Crippen LogP contribution in [0.2, 0.25) is 0 Å². The number of anilines is 1. The van der Waals surface area contributed by atoms with Gasteiger partial charge in [0.25, 0.3) is 5.91 Å². The maximum Gasteiger partial charge on any atom is 0.277 e. The van der Waals surface area contributed by atoms with Crippen molar-refractivity contribution in [1.29, 1.82) is 0 Å². The quantitative estimate of drug-likeness (QED) is 0.863. The van der Waals surface area contributed by atoms with Gasteiger partial charge in [0.2, 0.25) is 0 Å². The van der Waals surface area contributed by atoms with Crippen LogP contribution >= 0.6 is 0 Å². The molecule has 19 heavy (non-hydrogen) atoms. The van der Waals surface area contributed by atoms with Gasteiger partial charge in [0.05, 0.1) is 0 Å². The van der Waals surface area contributed by atoms with Crippen LogP contribution in [0.3, 0.4) is 0 Å². The summed E-state index contributed by atoms with van der Waals surface area (Å²) in [5, 5.41) is 15.2. The number of nitrogens with one attached hydrogen (secondary N) is 1. The number of benzene rings is 1. The van der Waals surface area contributed by atoms with Crippen LogP contribution in [0.5, 0.6) is 0 Å². The Hall–Kier alpha value is -2.14. The van der Waals surface area contributed by atoms with E-state index in [2.05, 4.69) is 10.5 Å². The Morgan fingerprint density at radius 2 is 2.26 bits per heavy atom. The van der Waals surface area contributed by atoms with Crippen LogP contribution < -0.4 is 5.32 Å². The zero-order valence-corrected chi connectivity index (χ0v) is 10.7. The minimum Gasteiger partial charge on any atom is -0.396 e. The summed E-state index contributed by atoms with van der Waals surface area (Å²) in [7, 11) is 0. The van der Waals surface area contributed by atoms with E-state index in [0.717, 1.165) is 12.0 Å². The summed E-state index contributed by atoms with van der Waals surface area (Å²) in [6.07, 6.45) is 1.49. The summed E-state index contributed by atoms with van der Waals surface area (Å²) in [4.78, 5) is 11.9. The standard InChI is InChI=1S/C14H16N2O3/c1-10-8-13(16-19-10)14(18)15-12-6-2-4-11(9-12)5-3-7-17/h2,4,6,8-9,17H,3,5,7H2,1H3,(H,15,18). The van der Waals surface area contributed by atoms with E-state index in [0.29, 0.717) is 17.9 Å². The van der Waals surface area contributed by atoms with Gasteiger partial charge in [0.1, 0.15) is 5.76 Å². The third kappa shape index (κ3) is 3.66. The molecule has 2 rings (SSSR count). The van der Waals surface area contributed by atoms with Crippen molar-refractivity contribution in [3.63, 3.8) is 0 Å². The smallest absolute Gasteiger partial charge is 0.277 e. The molecular weight excluding hydrogens is 244 g/mol. The Kier molecular flexibility index (Phi) is 4.30. The van der Waals surface area contributed by atoms with Crippen LogP contribution in [0.25, 0.3) is 0 Å². The molecule has 1 heterocycles. The van der Waals surface area contributed by atoms with E-state index in [-0.39, 0.29) is 18.2 Å². The minimum absolute atomic E-state index is 0.162. The molecule has 0 unspecified atom stereocenters. The third-order valence-corrected chi connectivity index (χ3v) is 2.67. The minimum atomic E-state index is -0.295. The summed E-state index contributed by atoms with van der Waals surface area (Å²) in [5.41, 5.74) is 2.04. The largest absolute Gasteiger partial charge is 0.396 e. The number of carbonyl (C=O) groups excluding carboxylic acids is 1. The number of aromatic nitrogens is 1. The fourth-order valence-electron chi connectivity index (χ4n) is 1.76. The molecule has 0 radical (unpaired) electrons. The number of nitrogens with zero attached hydrogens (tertiary/aromatic N) is 1. The van der Waals surface area contributed by atoms with Gasteiger partial charge in [-0.3, -0.25) is 4.79 Å². The van der Waals surface area contributed by atoms with Gasteiger partial charge in [-0.15, -0.1) is 0 Å². The first-order valence-corrected chi connectivity index (χ1v) is 6.13. The van der Waals surface area contributed by atoms with Crippen molar-refractivity contribution < 1.29 is 14.4 Å². The molecule has 0 saturated carbocycles. The molecule has 1 amide bonds. The van der Waals surface area contributed by atoms with Crippen molar-refractivity contribution in [2.24, 2.45) is 0 Å². The first-order chi connectivity index (χ1) is 9.19. The molecule has 0 fully saturated rings. The fraction of sp³-hybridized carbons (Fsp3) is 0.286. The molecule has 5 nitrogen and oxygen atoms in total. The van der Waals surface area contributed by atoms with Gasteiger partial charge in [0, 0.05) is 18.4 Å². The molecule has 0 aliphatic carbocycles. The number of hydrogen-bond donors (Lipinski definition) is 2. The highest BCUT2D eigenvalue weighted by Crippen LogP contribution is 2.13. The summed E-state index contributed by atoms with van der Waals surface area (Å²) in [6, 6.07) is 9.13. The van der Waals surface area contributed by atoms with Gasteiger partial charge < -0.3 is 14.9 Å². The lowest BCUT2D eigenvalue weighted by Crippen LogP contribution is -2.12. The molecule has 0 spiro atoms. The van der Waals surface area contributed by atoms with Crippen molar-refractivity contribution in [2.75, 3.05) is 11.9 Å². The number of aliphatic hydroxyl groups excluding tert-OH is 1. The van der Waals surface area contributed by atoms with E-state index >= 15 is 0 Å². The van der Waals surface area contributed by atoms with Crippen molar-refractivity contribution in [1.82, 2.24) is 5.16 Å². The Morgan fingerprint density at radius 3 is 2.95 bits per heavy atom. The zero-order chi connectivity index (χ0) is 13.7. The Balaban J connectivity index is 2.04. The van der Waals surface area contributed by atoms with E-state index < -0.39 is 0 Å². The number of aliphatic hydroxyl groups is 1. The zero-order valence-electron chi connectivity index (χ0n) is 10.7. The maximum absolute atomic E-state index is 11.9. The lowest BCUT2D eigenvalue weighted by atomic mass is 10.1. The van der Waals surface area contributed by atoms with Gasteiger partial charge in [-0.2, -0.15) is 0 Å². The normalized spacial score (nSPS) is 10.4. The van der Waals surface area contributed by atoms with Crippen molar-refractivity contribution >= 4 is 11.6 Å². The summed E-state index contributed by atoms with van der Waals surface area (Å²) in [6.45, 7) is 1.90. The topological polar surface area (TPSA) is 75.4 Å². The average molecular weight is 260 g/mol. The molecular formula is C14H16N2O3. The van der Waals surface area contributed by atoms with Crippen LogP contribution in [-0.4, -0.2) is 22.8 Å². The van der Waals surface area contributed by atoms with E-state index in [9.17, 15) is 4.79 Å². The van der Waals surface area contributed by atoms with Gasteiger partial charge in [-0.1, -0.05) is 17.3 Å². The second-order valence-corrected chi connectivity index (χ2v) is 4.30. The number of carbonyl (C=O) groups is 1. The van der Waals surface area contributed by atoms with Gasteiger partial charge in [0.15, 0.2) is 5.69 Å². The molecule has 100 valence electrons. The Bertz CT molecular complexity index is 563. The monoisotopic (exact) mass is 260 g/mol. The summed E-state index contributed by atoms with van der Waals surface area (Å²) < 4.78 is 4.86. The molecule has 2 aromatic rings. The van der Waals surface area contributed by atoms with Crippen molar-refractivity contribution in [3.05, 3.63) is 47.3 Å². The Morgan fingerprint density at radius 1 is 1.42 bits per heavy atom. The van der Waals surface area contributed by atoms with Crippen molar-refractivity contribution in [2.45, 2.75) is 19.8 Å².